The first-order chi connectivity index (χ1) is 5.16. The van der Waals surface area contributed by atoms with Crippen LogP contribution in [0.5, 0.6) is 0 Å². The molecule has 0 amide bonds. The van der Waals surface area contributed by atoms with Crippen molar-refractivity contribution >= 4 is 11.8 Å². The maximum absolute atomic E-state index is 5.86. The van der Waals surface area contributed by atoms with Crippen LogP contribution in [0.4, 0.5) is 0 Å². The minimum absolute atomic E-state index is 0.436. The van der Waals surface area contributed by atoms with Crippen LogP contribution in [0.25, 0.3) is 0 Å². The van der Waals surface area contributed by atoms with Gasteiger partial charge < -0.3 is 5.73 Å². The molecule has 0 bridgehead atoms. The molecule has 2 N–H and O–H groups in total. The van der Waals surface area contributed by atoms with Crippen LogP contribution < -0.4 is 5.73 Å². The van der Waals surface area contributed by atoms with Gasteiger partial charge in [-0.05, 0) is 23.8 Å². The van der Waals surface area contributed by atoms with Crippen LogP contribution in [0.15, 0.2) is 0 Å². The summed E-state index contributed by atoms with van der Waals surface area (Å²) in [6, 6.07) is 0.436. The van der Waals surface area contributed by atoms with Crippen molar-refractivity contribution in [3.8, 4) is 0 Å². The summed E-state index contributed by atoms with van der Waals surface area (Å²) in [5.41, 5.74) is 5.86. The molecule has 0 saturated carbocycles. The SMILES string of the molecule is CCCC(N)CCSC(C)C. The van der Waals surface area contributed by atoms with Crippen LogP contribution in [0.3, 0.4) is 0 Å². The van der Waals surface area contributed by atoms with E-state index in [0.717, 1.165) is 5.25 Å². The molecule has 0 aliphatic heterocycles. The summed E-state index contributed by atoms with van der Waals surface area (Å²) in [6.07, 6.45) is 3.57. The normalized spacial score (nSPS) is 13.9. The predicted molar refractivity (Wildman–Crippen MR) is 55.1 cm³/mol. The first-order valence-corrected chi connectivity index (χ1v) is 5.58. The zero-order valence-electron chi connectivity index (χ0n) is 7.97. The third-order valence-corrected chi connectivity index (χ3v) is 2.74. The van der Waals surface area contributed by atoms with Crippen LogP contribution >= 0.6 is 11.8 Å². The molecule has 1 unspecified atom stereocenters. The number of hydrogen-bond donors (Lipinski definition) is 1. The second-order valence-corrected chi connectivity index (χ2v) is 4.94. The Bertz CT molecular complexity index is 83.6. The Hall–Kier alpha value is 0.310. The third-order valence-electron chi connectivity index (χ3n) is 1.60. The Labute approximate surface area is 75.1 Å². The van der Waals surface area contributed by atoms with Crippen molar-refractivity contribution in [3.63, 3.8) is 0 Å². The van der Waals surface area contributed by atoms with Gasteiger partial charge in [0.15, 0.2) is 0 Å². The maximum Gasteiger partial charge on any atom is 0.00465 e. The standard InChI is InChI=1S/C9H21NS/c1-4-5-9(10)6-7-11-8(2)3/h8-9H,4-7,10H2,1-3H3. The van der Waals surface area contributed by atoms with Crippen molar-refractivity contribution in [3.05, 3.63) is 0 Å². The molecule has 11 heavy (non-hydrogen) atoms. The zero-order valence-corrected chi connectivity index (χ0v) is 8.79. The van der Waals surface area contributed by atoms with Gasteiger partial charge in [-0.25, -0.2) is 0 Å². The van der Waals surface area contributed by atoms with Crippen LogP contribution in [0, 0.1) is 0 Å². The van der Waals surface area contributed by atoms with E-state index in [0.29, 0.717) is 6.04 Å². The van der Waals surface area contributed by atoms with Crippen LogP contribution in [-0.4, -0.2) is 17.0 Å². The van der Waals surface area contributed by atoms with E-state index >= 15 is 0 Å². The topological polar surface area (TPSA) is 26.0 Å². The van der Waals surface area contributed by atoms with Gasteiger partial charge in [-0.1, -0.05) is 27.2 Å². The van der Waals surface area contributed by atoms with Gasteiger partial charge in [-0.2, -0.15) is 11.8 Å². The van der Waals surface area contributed by atoms with E-state index in [1.165, 1.54) is 25.0 Å². The van der Waals surface area contributed by atoms with E-state index in [2.05, 4.69) is 20.8 Å². The molecule has 0 aliphatic carbocycles. The summed E-state index contributed by atoms with van der Waals surface area (Å²) in [5, 5.41) is 0.754. The van der Waals surface area contributed by atoms with E-state index in [9.17, 15) is 0 Å². The van der Waals surface area contributed by atoms with Gasteiger partial charge in [0.05, 0.1) is 0 Å². The summed E-state index contributed by atoms with van der Waals surface area (Å²) in [7, 11) is 0. The van der Waals surface area contributed by atoms with Crippen molar-refractivity contribution in [1.29, 1.82) is 0 Å². The van der Waals surface area contributed by atoms with E-state index in [1.807, 2.05) is 11.8 Å². The van der Waals surface area contributed by atoms with E-state index in [4.69, 9.17) is 5.73 Å². The largest absolute Gasteiger partial charge is 0.328 e. The molecule has 0 heterocycles. The van der Waals surface area contributed by atoms with Crippen LogP contribution in [-0.2, 0) is 0 Å². The molecule has 0 radical (unpaired) electrons. The summed E-state index contributed by atoms with van der Waals surface area (Å²) in [5.74, 6) is 1.22. The van der Waals surface area contributed by atoms with E-state index in [1.54, 1.807) is 0 Å². The highest BCUT2D eigenvalue weighted by Crippen LogP contribution is 2.12. The molecule has 0 rings (SSSR count). The molecule has 1 atom stereocenters. The summed E-state index contributed by atoms with van der Waals surface area (Å²) < 4.78 is 0. The lowest BCUT2D eigenvalue weighted by Crippen LogP contribution is -2.20. The van der Waals surface area contributed by atoms with Crippen molar-refractivity contribution in [1.82, 2.24) is 0 Å². The lowest BCUT2D eigenvalue weighted by atomic mass is 10.1. The third kappa shape index (κ3) is 8.21. The monoisotopic (exact) mass is 175 g/mol. The first kappa shape index (κ1) is 11.3. The smallest absolute Gasteiger partial charge is 0.00465 e. The Morgan fingerprint density at radius 1 is 1.27 bits per heavy atom. The number of rotatable bonds is 6. The lowest BCUT2D eigenvalue weighted by Gasteiger charge is -2.10. The van der Waals surface area contributed by atoms with Crippen LogP contribution in [0.2, 0.25) is 0 Å². The fourth-order valence-electron chi connectivity index (χ4n) is 0.970. The highest BCUT2D eigenvalue weighted by Gasteiger charge is 2.01. The Balaban J connectivity index is 3.10. The quantitative estimate of drug-likeness (QED) is 0.671. The maximum atomic E-state index is 5.86. The van der Waals surface area contributed by atoms with Gasteiger partial charge in [0.2, 0.25) is 0 Å². The fraction of sp³-hybridized carbons (Fsp3) is 1.00. The van der Waals surface area contributed by atoms with E-state index < -0.39 is 0 Å². The highest BCUT2D eigenvalue weighted by atomic mass is 32.2. The second kappa shape index (κ2) is 6.99. The fourth-order valence-corrected chi connectivity index (χ4v) is 1.88. The molecule has 0 aromatic rings. The van der Waals surface area contributed by atoms with Gasteiger partial charge in [0, 0.05) is 6.04 Å². The minimum Gasteiger partial charge on any atom is -0.328 e. The molecule has 0 saturated heterocycles. The molecule has 0 aromatic carbocycles. The van der Waals surface area contributed by atoms with Crippen molar-refractivity contribution in [2.45, 2.75) is 51.3 Å². The Kier molecular flexibility index (Phi) is 7.18. The predicted octanol–water partition coefficient (Wildman–Crippen LogP) is 2.65. The average molecular weight is 175 g/mol. The zero-order chi connectivity index (χ0) is 8.69. The number of thioether (sulfide) groups is 1. The first-order valence-electron chi connectivity index (χ1n) is 4.54. The van der Waals surface area contributed by atoms with Crippen molar-refractivity contribution in [2.24, 2.45) is 5.73 Å². The second-order valence-electron chi connectivity index (χ2n) is 3.26. The molecule has 2 heteroatoms. The molecule has 0 aliphatic rings. The summed E-state index contributed by atoms with van der Waals surface area (Å²) in [4.78, 5) is 0. The van der Waals surface area contributed by atoms with Crippen LogP contribution in [0.1, 0.15) is 40.0 Å². The van der Waals surface area contributed by atoms with Gasteiger partial charge in [0.25, 0.3) is 0 Å². The molecular formula is C9H21NS. The Morgan fingerprint density at radius 2 is 1.91 bits per heavy atom. The highest BCUT2D eigenvalue weighted by molar-refractivity contribution is 7.99. The summed E-state index contributed by atoms with van der Waals surface area (Å²) >= 11 is 2.01. The number of nitrogens with two attached hydrogens (primary N) is 1. The van der Waals surface area contributed by atoms with Crippen molar-refractivity contribution in [2.75, 3.05) is 5.75 Å². The van der Waals surface area contributed by atoms with E-state index in [-0.39, 0.29) is 0 Å². The molecule has 0 aromatic heterocycles. The average Bonchev–Trinajstić information content (AvgIpc) is 1.87. The van der Waals surface area contributed by atoms with Gasteiger partial charge in [-0.3, -0.25) is 0 Å². The van der Waals surface area contributed by atoms with Gasteiger partial charge in [-0.15, -0.1) is 0 Å². The van der Waals surface area contributed by atoms with Gasteiger partial charge >= 0.3 is 0 Å². The minimum atomic E-state index is 0.436. The molecule has 1 nitrogen and oxygen atoms in total. The molecule has 68 valence electrons. The summed E-state index contributed by atoms with van der Waals surface area (Å²) in [6.45, 7) is 6.65. The molecular weight excluding hydrogens is 154 g/mol. The Morgan fingerprint density at radius 3 is 2.36 bits per heavy atom. The molecule has 0 spiro atoms. The lowest BCUT2D eigenvalue weighted by molar-refractivity contribution is 0.590. The number of hydrogen-bond acceptors (Lipinski definition) is 2. The van der Waals surface area contributed by atoms with Gasteiger partial charge in [0.1, 0.15) is 0 Å². The van der Waals surface area contributed by atoms with Crippen molar-refractivity contribution < 1.29 is 0 Å². The molecule has 0 fully saturated rings.